The zero-order chi connectivity index (χ0) is 16.3. The number of amides is 1. The summed E-state index contributed by atoms with van der Waals surface area (Å²) in [5, 5.41) is 7.18. The van der Waals surface area contributed by atoms with Gasteiger partial charge in [-0.3, -0.25) is 4.79 Å². The van der Waals surface area contributed by atoms with Gasteiger partial charge in [-0.15, -0.1) is 0 Å². The summed E-state index contributed by atoms with van der Waals surface area (Å²) < 4.78 is 32.2. The van der Waals surface area contributed by atoms with Crippen molar-refractivity contribution in [2.45, 2.75) is 18.1 Å². The maximum absolute atomic E-state index is 12.0. The SMILES string of the molecule is COc1ccc(C(C)NC(=O)c2ccc(S(N)(=O)=O)o2)cc1. The summed E-state index contributed by atoms with van der Waals surface area (Å²) in [5.41, 5.74) is 0.868. The van der Waals surface area contributed by atoms with Crippen LogP contribution in [0.2, 0.25) is 0 Å². The fourth-order valence-electron chi connectivity index (χ4n) is 1.84. The highest BCUT2D eigenvalue weighted by Gasteiger charge is 2.19. The van der Waals surface area contributed by atoms with Gasteiger partial charge in [-0.05, 0) is 36.8 Å². The number of nitrogens with one attached hydrogen (secondary N) is 1. The maximum atomic E-state index is 12.0. The normalized spacial score (nSPS) is 12.7. The molecule has 0 fully saturated rings. The minimum absolute atomic E-state index is 0.121. The molecule has 0 saturated carbocycles. The van der Waals surface area contributed by atoms with Crippen LogP contribution in [0.15, 0.2) is 45.9 Å². The Hall–Kier alpha value is -2.32. The Kier molecular flexibility index (Phi) is 4.53. The molecule has 118 valence electrons. The lowest BCUT2D eigenvalue weighted by Crippen LogP contribution is -2.26. The van der Waals surface area contributed by atoms with Crippen LogP contribution in [-0.2, 0) is 10.0 Å². The number of primary sulfonamides is 1. The Labute approximate surface area is 128 Å². The lowest BCUT2D eigenvalue weighted by Gasteiger charge is -2.13. The van der Waals surface area contributed by atoms with E-state index in [0.29, 0.717) is 5.75 Å². The summed E-state index contributed by atoms with van der Waals surface area (Å²) in [7, 11) is -2.39. The van der Waals surface area contributed by atoms with Crippen molar-refractivity contribution in [3.63, 3.8) is 0 Å². The quantitative estimate of drug-likeness (QED) is 0.864. The van der Waals surface area contributed by atoms with Crippen LogP contribution in [0.4, 0.5) is 0 Å². The van der Waals surface area contributed by atoms with Crippen molar-refractivity contribution in [3.05, 3.63) is 47.7 Å². The second-order valence-electron chi connectivity index (χ2n) is 4.63. The Morgan fingerprint density at radius 1 is 1.23 bits per heavy atom. The van der Waals surface area contributed by atoms with Gasteiger partial charge < -0.3 is 14.5 Å². The fourth-order valence-corrected chi connectivity index (χ4v) is 2.30. The molecular weight excluding hydrogens is 308 g/mol. The number of hydrogen-bond donors (Lipinski definition) is 2. The molecule has 1 unspecified atom stereocenters. The van der Waals surface area contributed by atoms with Crippen molar-refractivity contribution in [1.82, 2.24) is 5.32 Å². The van der Waals surface area contributed by atoms with Crippen molar-refractivity contribution in [3.8, 4) is 5.75 Å². The predicted molar refractivity (Wildman–Crippen MR) is 79.0 cm³/mol. The van der Waals surface area contributed by atoms with E-state index in [0.717, 1.165) is 11.6 Å². The first kappa shape index (κ1) is 16.1. The summed E-state index contributed by atoms with van der Waals surface area (Å²) in [6.45, 7) is 1.79. The monoisotopic (exact) mass is 324 g/mol. The molecule has 8 heteroatoms. The lowest BCUT2D eigenvalue weighted by molar-refractivity contribution is 0.0906. The van der Waals surface area contributed by atoms with Crippen molar-refractivity contribution in [2.75, 3.05) is 7.11 Å². The van der Waals surface area contributed by atoms with E-state index in [-0.39, 0.29) is 11.8 Å². The van der Waals surface area contributed by atoms with E-state index in [1.165, 1.54) is 6.07 Å². The van der Waals surface area contributed by atoms with Gasteiger partial charge in [-0.2, -0.15) is 0 Å². The number of furan rings is 1. The van der Waals surface area contributed by atoms with Crippen molar-refractivity contribution >= 4 is 15.9 Å². The summed E-state index contributed by atoms with van der Waals surface area (Å²) in [4.78, 5) is 12.0. The number of hydrogen-bond acceptors (Lipinski definition) is 5. The average Bonchev–Trinajstić information content (AvgIpc) is 2.97. The first-order chi connectivity index (χ1) is 10.3. The molecule has 7 nitrogen and oxygen atoms in total. The Balaban J connectivity index is 2.09. The van der Waals surface area contributed by atoms with E-state index >= 15 is 0 Å². The summed E-state index contributed by atoms with van der Waals surface area (Å²) in [6, 6.07) is 9.32. The third kappa shape index (κ3) is 3.66. The smallest absolute Gasteiger partial charge is 0.287 e. The van der Waals surface area contributed by atoms with Gasteiger partial charge in [-0.1, -0.05) is 12.1 Å². The van der Waals surface area contributed by atoms with Gasteiger partial charge in [0, 0.05) is 0 Å². The molecule has 0 aliphatic rings. The second kappa shape index (κ2) is 6.20. The van der Waals surface area contributed by atoms with Crippen molar-refractivity contribution in [1.29, 1.82) is 0 Å². The molecule has 1 heterocycles. The largest absolute Gasteiger partial charge is 0.497 e. The van der Waals surface area contributed by atoms with Crippen LogP contribution < -0.4 is 15.2 Å². The summed E-state index contributed by atoms with van der Waals surface area (Å²) in [5.74, 6) is 0.0636. The Bertz CT molecular complexity index is 765. The average molecular weight is 324 g/mol. The molecule has 2 aromatic rings. The molecule has 0 saturated heterocycles. The van der Waals surface area contributed by atoms with Crippen molar-refractivity contribution in [2.24, 2.45) is 5.14 Å². The molecule has 1 aromatic carbocycles. The number of rotatable bonds is 5. The third-order valence-corrected chi connectivity index (χ3v) is 3.83. The molecule has 0 spiro atoms. The number of ether oxygens (including phenoxy) is 1. The maximum Gasteiger partial charge on any atom is 0.287 e. The first-order valence-electron chi connectivity index (χ1n) is 6.38. The molecule has 1 atom stereocenters. The van der Waals surface area contributed by atoms with Gasteiger partial charge in [0.05, 0.1) is 13.2 Å². The highest BCUT2D eigenvalue weighted by atomic mass is 32.2. The Morgan fingerprint density at radius 2 is 1.86 bits per heavy atom. The first-order valence-corrected chi connectivity index (χ1v) is 7.93. The van der Waals surface area contributed by atoms with Gasteiger partial charge in [0.2, 0.25) is 5.09 Å². The van der Waals surface area contributed by atoms with Crippen LogP contribution in [0, 0.1) is 0 Å². The van der Waals surface area contributed by atoms with Crippen LogP contribution in [0.25, 0.3) is 0 Å². The van der Waals surface area contributed by atoms with Gasteiger partial charge in [-0.25, -0.2) is 13.6 Å². The highest BCUT2D eigenvalue weighted by molar-refractivity contribution is 7.89. The molecule has 3 N–H and O–H groups in total. The minimum Gasteiger partial charge on any atom is -0.497 e. The fraction of sp³-hybridized carbons (Fsp3) is 0.214. The number of carbonyl (C=O) groups excluding carboxylic acids is 1. The van der Waals surface area contributed by atoms with Crippen LogP contribution in [-0.4, -0.2) is 21.4 Å². The van der Waals surface area contributed by atoms with Crippen LogP contribution in [0.5, 0.6) is 5.75 Å². The molecule has 0 bridgehead atoms. The summed E-state index contributed by atoms with van der Waals surface area (Å²) in [6.07, 6.45) is 0. The number of carbonyl (C=O) groups is 1. The minimum atomic E-state index is -3.96. The third-order valence-electron chi connectivity index (χ3n) is 3.05. The molecule has 0 aliphatic carbocycles. The van der Waals surface area contributed by atoms with Gasteiger partial charge in [0.1, 0.15) is 5.75 Å². The lowest BCUT2D eigenvalue weighted by atomic mass is 10.1. The summed E-state index contributed by atoms with van der Waals surface area (Å²) >= 11 is 0. The predicted octanol–water partition coefficient (Wildman–Crippen LogP) is 1.43. The molecule has 1 amide bonds. The number of nitrogens with two attached hydrogens (primary N) is 1. The van der Waals surface area contributed by atoms with Crippen LogP contribution in [0.1, 0.15) is 29.1 Å². The van der Waals surface area contributed by atoms with E-state index in [2.05, 4.69) is 5.32 Å². The van der Waals surface area contributed by atoms with E-state index < -0.39 is 21.0 Å². The van der Waals surface area contributed by atoms with E-state index in [1.807, 2.05) is 12.1 Å². The molecule has 22 heavy (non-hydrogen) atoms. The Morgan fingerprint density at radius 3 is 2.36 bits per heavy atom. The van der Waals surface area contributed by atoms with E-state index in [9.17, 15) is 13.2 Å². The van der Waals surface area contributed by atoms with E-state index in [1.54, 1.807) is 26.2 Å². The molecule has 0 aliphatic heterocycles. The standard InChI is InChI=1S/C14H16N2O5S/c1-9(10-3-5-11(20-2)6-4-10)16-14(17)12-7-8-13(21-12)22(15,18)19/h3-9H,1-2H3,(H,16,17)(H2,15,18,19). The number of sulfonamides is 1. The van der Waals surface area contributed by atoms with Crippen molar-refractivity contribution < 1.29 is 22.4 Å². The van der Waals surface area contributed by atoms with Gasteiger partial charge in [0.25, 0.3) is 15.9 Å². The topological polar surface area (TPSA) is 112 Å². The molecule has 0 radical (unpaired) electrons. The molecular formula is C14H16N2O5S. The van der Waals surface area contributed by atoms with Crippen LogP contribution in [0.3, 0.4) is 0 Å². The zero-order valence-corrected chi connectivity index (χ0v) is 12.9. The van der Waals surface area contributed by atoms with Gasteiger partial charge in [0.15, 0.2) is 5.76 Å². The molecule has 2 rings (SSSR count). The van der Waals surface area contributed by atoms with E-state index in [4.69, 9.17) is 14.3 Å². The van der Waals surface area contributed by atoms with Crippen LogP contribution >= 0.6 is 0 Å². The molecule has 1 aromatic heterocycles. The second-order valence-corrected chi connectivity index (χ2v) is 6.12. The van der Waals surface area contributed by atoms with Gasteiger partial charge >= 0.3 is 0 Å². The number of benzene rings is 1. The number of methoxy groups -OCH3 is 1. The highest BCUT2D eigenvalue weighted by Crippen LogP contribution is 2.18. The zero-order valence-electron chi connectivity index (χ0n) is 12.1.